The standard InChI is InChI=1S/C9H9BrF6N2O/c1-4(10)5-6(9(14,15)16)17-18(2)7(5)19-3-8(11,12)13/h4H,3H2,1-2H3. The molecule has 1 aromatic rings. The van der Waals surface area contributed by atoms with Crippen LogP contribution in [0, 0.1) is 0 Å². The molecule has 0 radical (unpaired) electrons. The molecule has 0 N–H and O–H groups in total. The third-order valence-corrected chi connectivity index (χ3v) is 2.53. The number of hydrogen-bond acceptors (Lipinski definition) is 2. The lowest BCUT2D eigenvalue weighted by Gasteiger charge is -2.13. The van der Waals surface area contributed by atoms with E-state index in [0.717, 1.165) is 7.05 Å². The summed E-state index contributed by atoms with van der Waals surface area (Å²) >= 11 is 2.90. The lowest BCUT2D eigenvalue weighted by Crippen LogP contribution is -2.20. The van der Waals surface area contributed by atoms with Gasteiger partial charge in [-0.2, -0.15) is 31.4 Å². The molecule has 3 nitrogen and oxygen atoms in total. The second-order valence-corrected chi connectivity index (χ2v) is 5.08. The van der Waals surface area contributed by atoms with Gasteiger partial charge in [-0.05, 0) is 6.92 Å². The third kappa shape index (κ3) is 4.02. The topological polar surface area (TPSA) is 27.1 Å². The van der Waals surface area contributed by atoms with E-state index in [2.05, 4.69) is 25.8 Å². The number of halogens is 7. The Hall–Kier alpha value is -0.930. The first kappa shape index (κ1) is 16.1. The molecule has 0 amide bonds. The molecule has 0 aromatic carbocycles. The summed E-state index contributed by atoms with van der Waals surface area (Å²) in [6.45, 7) is -0.344. The highest BCUT2D eigenvalue weighted by Gasteiger charge is 2.41. The Morgan fingerprint density at radius 2 is 1.79 bits per heavy atom. The summed E-state index contributed by atoms with van der Waals surface area (Å²) in [4.78, 5) is -0.860. The van der Waals surface area contributed by atoms with Crippen molar-refractivity contribution in [1.82, 2.24) is 9.78 Å². The van der Waals surface area contributed by atoms with Crippen LogP contribution in [0.25, 0.3) is 0 Å². The predicted molar refractivity (Wildman–Crippen MR) is 57.1 cm³/mol. The van der Waals surface area contributed by atoms with E-state index in [1.807, 2.05) is 0 Å². The Morgan fingerprint density at radius 3 is 2.16 bits per heavy atom. The van der Waals surface area contributed by atoms with Crippen LogP contribution >= 0.6 is 15.9 Å². The Bertz CT molecular complexity index is 451. The van der Waals surface area contributed by atoms with Crippen molar-refractivity contribution in [2.75, 3.05) is 6.61 Å². The molecule has 0 aliphatic carbocycles. The van der Waals surface area contributed by atoms with Crippen molar-refractivity contribution < 1.29 is 31.1 Å². The highest BCUT2D eigenvalue weighted by Crippen LogP contribution is 2.41. The van der Waals surface area contributed by atoms with E-state index in [-0.39, 0.29) is 0 Å². The number of rotatable bonds is 3. The summed E-state index contributed by atoms with van der Waals surface area (Å²) in [7, 11) is 1.08. The van der Waals surface area contributed by atoms with Gasteiger partial charge in [-0.3, -0.25) is 0 Å². The zero-order chi connectivity index (χ0) is 15.0. The van der Waals surface area contributed by atoms with Gasteiger partial charge in [0.05, 0.1) is 5.56 Å². The summed E-state index contributed by atoms with van der Waals surface area (Å²) in [5.74, 6) is -0.561. The molecule has 0 saturated carbocycles. The van der Waals surface area contributed by atoms with Crippen molar-refractivity contribution in [1.29, 1.82) is 0 Å². The van der Waals surface area contributed by atoms with Gasteiger partial charge in [0.1, 0.15) is 0 Å². The lowest BCUT2D eigenvalue weighted by molar-refractivity contribution is -0.154. The average molecular weight is 355 g/mol. The highest BCUT2D eigenvalue weighted by atomic mass is 79.9. The molecule has 1 rings (SSSR count). The monoisotopic (exact) mass is 354 g/mol. The zero-order valence-corrected chi connectivity index (χ0v) is 11.3. The lowest BCUT2D eigenvalue weighted by atomic mass is 10.2. The molecule has 19 heavy (non-hydrogen) atoms. The molecule has 1 unspecified atom stereocenters. The number of ether oxygens (including phenoxy) is 1. The molecule has 110 valence electrons. The molecular weight excluding hydrogens is 346 g/mol. The maximum Gasteiger partial charge on any atom is 0.435 e. The van der Waals surface area contributed by atoms with Crippen molar-refractivity contribution in [3.63, 3.8) is 0 Å². The van der Waals surface area contributed by atoms with Gasteiger partial charge >= 0.3 is 12.4 Å². The molecule has 0 aliphatic rings. The molecule has 0 saturated heterocycles. The van der Waals surface area contributed by atoms with Crippen LogP contribution < -0.4 is 4.74 Å². The van der Waals surface area contributed by atoms with E-state index in [1.165, 1.54) is 6.92 Å². The van der Waals surface area contributed by atoms with Gasteiger partial charge in [0, 0.05) is 11.9 Å². The van der Waals surface area contributed by atoms with Crippen LogP contribution in [0.4, 0.5) is 26.3 Å². The molecule has 0 fully saturated rings. The smallest absolute Gasteiger partial charge is 0.435 e. The first-order valence-electron chi connectivity index (χ1n) is 4.91. The number of alkyl halides is 7. The highest BCUT2D eigenvalue weighted by molar-refractivity contribution is 9.09. The van der Waals surface area contributed by atoms with Gasteiger partial charge in [-0.15, -0.1) is 0 Å². The van der Waals surface area contributed by atoms with Crippen molar-refractivity contribution in [3.05, 3.63) is 11.3 Å². The summed E-state index contributed by atoms with van der Waals surface area (Å²) in [6, 6.07) is 0. The van der Waals surface area contributed by atoms with Crippen LogP contribution in [0.5, 0.6) is 5.88 Å². The van der Waals surface area contributed by atoms with Gasteiger partial charge in [0.15, 0.2) is 12.3 Å². The fraction of sp³-hybridized carbons (Fsp3) is 0.667. The van der Waals surface area contributed by atoms with Gasteiger partial charge in [-0.25, -0.2) is 4.68 Å². The SMILES string of the molecule is CC(Br)c1c(C(F)(F)F)nn(C)c1OCC(F)(F)F. The fourth-order valence-corrected chi connectivity index (χ4v) is 1.83. The van der Waals surface area contributed by atoms with E-state index < -0.39 is 40.9 Å². The fourth-order valence-electron chi connectivity index (χ4n) is 1.41. The normalized spacial score (nSPS) is 14.6. The van der Waals surface area contributed by atoms with Crippen LogP contribution in [0.2, 0.25) is 0 Å². The number of hydrogen-bond donors (Lipinski definition) is 0. The molecular formula is C9H9BrF6N2O. The van der Waals surface area contributed by atoms with Crippen LogP contribution in [-0.4, -0.2) is 22.6 Å². The summed E-state index contributed by atoms with van der Waals surface area (Å²) < 4.78 is 79.3. The second-order valence-electron chi connectivity index (χ2n) is 3.71. The Morgan fingerprint density at radius 1 is 1.26 bits per heavy atom. The van der Waals surface area contributed by atoms with Gasteiger partial charge < -0.3 is 4.74 Å². The maximum absolute atomic E-state index is 12.7. The van der Waals surface area contributed by atoms with Crippen molar-refractivity contribution >= 4 is 15.9 Å². The summed E-state index contributed by atoms with van der Waals surface area (Å²) in [6.07, 6.45) is -9.41. The van der Waals surface area contributed by atoms with Crippen LogP contribution in [-0.2, 0) is 13.2 Å². The molecule has 0 spiro atoms. The molecule has 1 aromatic heterocycles. The summed E-state index contributed by atoms with van der Waals surface area (Å²) in [5, 5.41) is 3.17. The van der Waals surface area contributed by atoms with Crippen LogP contribution in [0.15, 0.2) is 0 Å². The first-order valence-corrected chi connectivity index (χ1v) is 5.82. The maximum atomic E-state index is 12.7. The third-order valence-electron chi connectivity index (χ3n) is 2.07. The van der Waals surface area contributed by atoms with Crippen molar-refractivity contribution in [2.45, 2.75) is 24.1 Å². The van der Waals surface area contributed by atoms with Crippen molar-refractivity contribution in [2.24, 2.45) is 7.05 Å². The predicted octanol–water partition coefficient (Wildman–Crippen LogP) is 3.84. The quantitative estimate of drug-likeness (QED) is 0.609. The van der Waals surface area contributed by atoms with Gasteiger partial charge in [-0.1, -0.05) is 15.9 Å². The van der Waals surface area contributed by atoms with E-state index in [9.17, 15) is 26.3 Å². The van der Waals surface area contributed by atoms with Crippen LogP contribution in [0.1, 0.15) is 23.0 Å². The number of aromatic nitrogens is 2. The minimum absolute atomic E-state index is 0.459. The minimum Gasteiger partial charge on any atom is -0.468 e. The second kappa shape index (κ2) is 5.22. The summed E-state index contributed by atoms with van der Waals surface area (Å²) in [5.41, 5.74) is -1.73. The molecule has 0 aliphatic heterocycles. The minimum atomic E-state index is -4.77. The first-order chi connectivity index (χ1) is 8.43. The molecule has 1 heterocycles. The Kier molecular flexibility index (Phi) is 4.43. The molecule has 0 bridgehead atoms. The Labute approximate surface area is 112 Å². The van der Waals surface area contributed by atoms with Gasteiger partial charge in [0.2, 0.25) is 5.88 Å². The zero-order valence-electron chi connectivity index (χ0n) is 9.73. The van der Waals surface area contributed by atoms with Gasteiger partial charge in [0.25, 0.3) is 0 Å². The largest absolute Gasteiger partial charge is 0.468 e. The number of aryl methyl sites for hydroxylation is 1. The Balaban J connectivity index is 3.21. The van der Waals surface area contributed by atoms with E-state index in [0.29, 0.717) is 4.68 Å². The average Bonchev–Trinajstić information content (AvgIpc) is 2.50. The van der Waals surface area contributed by atoms with E-state index in [4.69, 9.17) is 0 Å². The van der Waals surface area contributed by atoms with Crippen molar-refractivity contribution in [3.8, 4) is 5.88 Å². The van der Waals surface area contributed by atoms with E-state index in [1.54, 1.807) is 0 Å². The van der Waals surface area contributed by atoms with Crippen LogP contribution in [0.3, 0.4) is 0 Å². The van der Waals surface area contributed by atoms with E-state index >= 15 is 0 Å². The molecule has 1 atom stereocenters. The molecule has 10 heteroatoms. The number of nitrogens with zero attached hydrogens (tertiary/aromatic N) is 2.